The molecule has 3 heteroatoms. The van der Waals surface area contributed by atoms with E-state index in [-0.39, 0.29) is 5.91 Å². The van der Waals surface area contributed by atoms with Crippen LogP contribution in [-0.2, 0) is 17.6 Å². The average molecular weight is 513 g/mol. The van der Waals surface area contributed by atoms with Crippen LogP contribution >= 0.6 is 0 Å². The first kappa shape index (κ1) is 29.5. The maximum atomic E-state index is 11.1. The summed E-state index contributed by atoms with van der Waals surface area (Å²) >= 11 is 0. The molecule has 204 valence electrons. The van der Waals surface area contributed by atoms with Gasteiger partial charge in [-0.3, -0.25) is 4.79 Å². The van der Waals surface area contributed by atoms with Crippen molar-refractivity contribution in [3.63, 3.8) is 0 Å². The number of para-hydroxylation sites is 1. The van der Waals surface area contributed by atoms with E-state index in [1.807, 2.05) is 6.07 Å². The molecule has 0 aliphatic rings. The van der Waals surface area contributed by atoms with E-state index in [9.17, 15) is 4.79 Å². The van der Waals surface area contributed by atoms with Gasteiger partial charge < -0.3 is 10.6 Å². The van der Waals surface area contributed by atoms with Gasteiger partial charge in [-0.25, -0.2) is 0 Å². The summed E-state index contributed by atoms with van der Waals surface area (Å²) in [6.45, 7) is 2.29. The first-order chi connectivity index (χ1) is 18.7. The summed E-state index contributed by atoms with van der Waals surface area (Å²) in [7, 11) is 0. The van der Waals surface area contributed by atoms with Gasteiger partial charge in [0.15, 0.2) is 0 Å². The highest BCUT2D eigenvalue weighted by molar-refractivity contribution is 5.77. The minimum Gasteiger partial charge on any atom is -0.370 e. The largest absolute Gasteiger partial charge is 0.370 e. The van der Waals surface area contributed by atoms with Gasteiger partial charge in [-0.2, -0.15) is 0 Å². The molecule has 38 heavy (non-hydrogen) atoms. The minimum absolute atomic E-state index is 0.261. The number of unbranched alkanes of at least 4 members (excludes halogenated alkanes) is 11. The molecular formula is C35H48N2O. The summed E-state index contributed by atoms with van der Waals surface area (Å²) in [6.07, 6.45) is 18.8. The zero-order valence-electron chi connectivity index (χ0n) is 23.5. The number of nitrogens with zero attached hydrogens (tertiary/aromatic N) is 1. The van der Waals surface area contributed by atoms with Gasteiger partial charge in [0.2, 0.25) is 5.91 Å². The first-order valence-corrected chi connectivity index (χ1v) is 15.0. The predicted octanol–water partition coefficient (Wildman–Crippen LogP) is 9.82. The number of carbonyl (C=O) groups excluding carboxylic acids is 1. The molecule has 0 saturated heterocycles. The number of benzene rings is 3. The van der Waals surface area contributed by atoms with E-state index in [0.717, 1.165) is 29.0 Å². The molecule has 0 heterocycles. The normalized spacial score (nSPS) is 11.0. The fourth-order valence-corrected chi connectivity index (χ4v) is 5.09. The number of amides is 1. The number of anilines is 3. The van der Waals surface area contributed by atoms with Crippen molar-refractivity contribution in [3.8, 4) is 0 Å². The van der Waals surface area contributed by atoms with Crippen molar-refractivity contribution in [3.05, 3.63) is 90.0 Å². The second kappa shape index (κ2) is 17.4. The molecule has 3 aromatic carbocycles. The van der Waals surface area contributed by atoms with Gasteiger partial charge in [0.1, 0.15) is 0 Å². The molecule has 0 bridgehead atoms. The van der Waals surface area contributed by atoms with Crippen LogP contribution in [0.2, 0.25) is 0 Å². The Hall–Kier alpha value is -3.07. The predicted molar refractivity (Wildman–Crippen MR) is 163 cm³/mol. The number of carbonyl (C=O) groups is 1. The smallest absolute Gasteiger partial charge is 0.217 e. The highest BCUT2D eigenvalue weighted by Gasteiger charge is 2.12. The van der Waals surface area contributed by atoms with E-state index >= 15 is 0 Å². The molecule has 0 aromatic heterocycles. The molecule has 0 spiro atoms. The molecule has 0 fully saturated rings. The van der Waals surface area contributed by atoms with Crippen molar-refractivity contribution in [2.45, 2.75) is 103 Å². The second-order valence-electron chi connectivity index (χ2n) is 10.6. The fraction of sp³-hybridized carbons (Fsp3) is 0.457. The van der Waals surface area contributed by atoms with Crippen molar-refractivity contribution in [2.75, 3.05) is 4.90 Å². The van der Waals surface area contributed by atoms with E-state index in [1.165, 1.54) is 82.6 Å². The van der Waals surface area contributed by atoms with E-state index in [0.29, 0.717) is 12.8 Å². The van der Waals surface area contributed by atoms with E-state index in [4.69, 9.17) is 5.73 Å². The van der Waals surface area contributed by atoms with Crippen molar-refractivity contribution in [1.29, 1.82) is 0 Å². The second-order valence-corrected chi connectivity index (χ2v) is 10.6. The first-order valence-electron chi connectivity index (χ1n) is 15.0. The van der Waals surface area contributed by atoms with E-state index in [2.05, 4.69) is 84.6 Å². The monoisotopic (exact) mass is 512 g/mol. The Kier molecular flexibility index (Phi) is 13.5. The summed E-state index contributed by atoms with van der Waals surface area (Å²) in [5.41, 5.74) is 11.2. The fourth-order valence-electron chi connectivity index (χ4n) is 5.09. The third kappa shape index (κ3) is 10.7. The van der Waals surface area contributed by atoms with Crippen molar-refractivity contribution < 1.29 is 4.79 Å². The zero-order chi connectivity index (χ0) is 26.8. The Labute approximate surface area is 231 Å². The van der Waals surface area contributed by atoms with Gasteiger partial charge in [0.05, 0.1) is 0 Å². The molecule has 0 aliphatic heterocycles. The molecule has 0 saturated carbocycles. The number of aryl methyl sites for hydroxylation is 2. The summed E-state index contributed by atoms with van der Waals surface area (Å²) in [6, 6.07) is 28.0. The topological polar surface area (TPSA) is 46.3 Å². The number of hydrogen-bond donors (Lipinski definition) is 1. The van der Waals surface area contributed by atoms with Crippen LogP contribution in [0.4, 0.5) is 17.1 Å². The Morgan fingerprint density at radius 2 is 0.974 bits per heavy atom. The van der Waals surface area contributed by atoms with Gasteiger partial charge >= 0.3 is 0 Å². The number of hydrogen-bond acceptors (Lipinski definition) is 2. The summed E-state index contributed by atoms with van der Waals surface area (Å²) in [5, 5.41) is 0. The van der Waals surface area contributed by atoms with Crippen LogP contribution < -0.4 is 10.6 Å². The molecule has 1 amide bonds. The molecule has 0 atom stereocenters. The number of nitrogens with two attached hydrogens (primary N) is 1. The number of primary amides is 1. The van der Waals surface area contributed by atoms with Crippen LogP contribution in [0.3, 0.4) is 0 Å². The lowest BCUT2D eigenvalue weighted by atomic mass is 10.0. The zero-order valence-corrected chi connectivity index (χ0v) is 23.5. The summed E-state index contributed by atoms with van der Waals surface area (Å²) < 4.78 is 0. The molecular weight excluding hydrogens is 464 g/mol. The lowest BCUT2D eigenvalue weighted by Crippen LogP contribution is -2.11. The average Bonchev–Trinajstić information content (AvgIpc) is 2.95. The SMILES string of the molecule is CCCCCCCCCCCCCCc1ccc(N(c2ccccc2)c2ccc(CCC(N)=O)cc2)cc1. The Balaban J connectivity index is 1.47. The molecule has 0 unspecified atom stereocenters. The van der Waals surface area contributed by atoms with Crippen LogP contribution in [-0.4, -0.2) is 5.91 Å². The van der Waals surface area contributed by atoms with Gasteiger partial charge in [0, 0.05) is 23.5 Å². The van der Waals surface area contributed by atoms with Crippen molar-refractivity contribution in [2.24, 2.45) is 5.73 Å². The van der Waals surface area contributed by atoms with Gasteiger partial charge in [-0.1, -0.05) is 120 Å². The van der Waals surface area contributed by atoms with Crippen LogP contribution in [0.15, 0.2) is 78.9 Å². The van der Waals surface area contributed by atoms with Crippen molar-refractivity contribution >= 4 is 23.0 Å². The number of rotatable bonds is 19. The standard InChI is InChI=1S/C35H48N2O/c1-2-3-4-5-6-7-8-9-10-11-12-14-17-30-20-25-33(26-21-30)37(32-18-15-13-16-19-32)34-27-22-31(23-28-34)24-29-35(36)38/h13,15-16,18-23,25-28H,2-12,14,17,24,29H2,1H3,(H2,36,38). The Bertz CT molecular complexity index is 1030. The highest BCUT2D eigenvalue weighted by atomic mass is 16.1. The maximum absolute atomic E-state index is 11.1. The lowest BCUT2D eigenvalue weighted by molar-refractivity contribution is -0.117. The summed E-state index contributed by atoms with van der Waals surface area (Å²) in [5.74, 6) is -0.261. The van der Waals surface area contributed by atoms with Crippen LogP contribution in [0.1, 0.15) is 102 Å². The Morgan fingerprint density at radius 3 is 1.45 bits per heavy atom. The van der Waals surface area contributed by atoms with Crippen molar-refractivity contribution in [1.82, 2.24) is 0 Å². The lowest BCUT2D eigenvalue weighted by Gasteiger charge is -2.26. The highest BCUT2D eigenvalue weighted by Crippen LogP contribution is 2.34. The van der Waals surface area contributed by atoms with Crippen LogP contribution in [0, 0.1) is 0 Å². The molecule has 0 aliphatic carbocycles. The summed E-state index contributed by atoms with van der Waals surface area (Å²) in [4.78, 5) is 13.4. The van der Waals surface area contributed by atoms with Gasteiger partial charge in [-0.15, -0.1) is 0 Å². The molecule has 3 aromatic rings. The third-order valence-electron chi connectivity index (χ3n) is 7.38. The van der Waals surface area contributed by atoms with Crippen LogP contribution in [0.25, 0.3) is 0 Å². The van der Waals surface area contributed by atoms with Gasteiger partial charge in [0.25, 0.3) is 0 Å². The van der Waals surface area contributed by atoms with Gasteiger partial charge in [-0.05, 0) is 66.8 Å². The molecule has 3 rings (SSSR count). The molecule has 2 N–H and O–H groups in total. The maximum Gasteiger partial charge on any atom is 0.217 e. The molecule has 3 nitrogen and oxygen atoms in total. The third-order valence-corrected chi connectivity index (χ3v) is 7.38. The van der Waals surface area contributed by atoms with Crippen LogP contribution in [0.5, 0.6) is 0 Å². The minimum atomic E-state index is -0.261. The Morgan fingerprint density at radius 1 is 0.553 bits per heavy atom. The van der Waals surface area contributed by atoms with E-state index < -0.39 is 0 Å². The quantitative estimate of drug-likeness (QED) is 0.162. The van der Waals surface area contributed by atoms with E-state index in [1.54, 1.807) is 0 Å². The molecule has 0 radical (unpaired) electrons.